The topological polar surface area (TPSA) is 79.3 Å². The molecule has 2 heterocycles. The summed E-state index contributed by atoms with van der Waals surface area (Å²) in [6, 6.07) is 11.1. The molecule has 7 nitrogen and oxygen atoms in total. The molecule has 0 aliphatic carbocycles. The molecule has 154 valence electrons. The van der Waals surface area contributed by atoms with Crippen LogP contribution in [0.3, 0.4) is 0 Å². The lowest BCUT2D eigenvalue weighted by atomic mass is 9.98. The smallest absolute Gasteiger partial charge is 0.355 e. The van der Waals surface area contributed by atoms with Gasteiger partial charge in [0.1, 0.15) is 12.0 Å². The molecule has 2 atom stereocenters. The minimum absolute atomic E-state index is 0.0784. The van der Waals surface area contributed by atoms with Gasteiger partial charge in [0.2, 0.25) is 5.91 Å². The van der Waals surface area contributed by atoms with E-state index >= 15 is 0 Å². The van der Waals surface area contributed by atoms with Crippen molar-refractivity contribution in [1.29, 1.82) is 0 Å². The van der Waals surface area contributed by atoms with Gasteiger partial charge in [-0.3, -0.25) is 14.6 Å². The molecule has 0 bridgehead atoms. The van der Waals surface area contributed by atoms with Gasteiger partial charge in [-0.2, -0.15) is 5.10 Å². The number of fused-ring (bicyclic) bond motifs is 1. The van der Waals surface area contributed by atoms with Crippen LogP contribution < -0.4 is 9.91 Å². The van der Waals surface area contributed by atoms with E-state index in [1.165, 1.54) is 5.01 Å². The number of rotatable bonds is 4. The number of esters is 1. The number of ether oxygens (including phenoxy) is 1. The van der Waals surface area contributed by atoms with Crippen molar-refractivity contribution in [3.63, 3.8) is 0 Å². The van der Waals surface area contributed by atoms with Crippen LogP contribution in [0.2, 0.25) is 5.02 Å². The Hall–Kier alpha value is -2.71. The molecular formula is C21H17BrClN3O4. The number of imide groups is 1. The molecule has 1 fully saturated rings. The van der Waals surface area contributed by atoms with Crippen molar-refractivity contribution >= 4 is 62.4 Å². The lowest BCUT2D eigenvalue weighted by Crippen LogP contribution is -2.39. The number of halogens is 2. The normalized spacial score (nSPS) is 20.5. The minimum Gasteiger partial charge on any atom is -0.461 e. The van der Waals surface area contributed by atoms with Crippen LogP contribution in [0.15, 0.2) is 52.0 Å². The Morgan fingerprint density at radius 3 is 2.53 bits per heavy atom. The first-order valence-corrected chi connectivity index (χ1v) is 10.5. The summed E-state index contributed by atoms with van der Waals surface area (Å²) in [6.07, 6.45) is 0. The maximum Gasteiger partial charge on any atom is 0.355 e. The molecule has 2 aromatic rings. The fourth-order valence-corrected chi connectivity index (χ4v) is 4.11. The van der Waals surface area contributed by atoms with Gasteiger partial charge >= 0.3 is 5.97 Å². The largest absolute Gasteiger partial charge is 0.461 e. The lowest BCUT2D eigenvalue weighted by molar-refractivity contribution is -0.136. The molecule has 30 heavy (non-hydrogen) atoms. The summed E-state index contributed by atoms with van der Waals surface area (Å²) >= 11 is 9.58. The summed E-state index contributed by atoms with van der Waals surface area (Å²) in [5.74, 6) is -2.76. The summed E-state index contributed by atoms with van der Waals surface area (Å²) in [6.45, 7) is 3.53. The summed E-state index contributed by atoms with van der Waals surface area (Å²) in [4.78, 5) is 40.4. The van der Waals surface area contributed by atoms with E-state index in [1.807, 2.05) is 0 Å². The van der Waals surface area contributed by atoms with Crippen molar-refractivity contribution in [3.05, 3.63) is 57.5 Å². The lowest BCUT2D eigenvalue weighted by Gasteiger charge is -2.23. The van der Waals surface area contributed by atoms with Crippen LogP contribution in [0.4, 0.5) is 11.4 Å². The minimum atomic E-state index is -1.06. The Balaban J connectivity index is 1.82. The second kappa shape index (κ2) is 7.85. The number of hydrogen-bond acceptors (Lipinski definition) is 6. The van der Waals surface area contributed by atoms with Crippen molar-refractivity contribution in [1.82, 2.24) is 0 Å². The van der Waals surface area contributed by atoms with E-state index in [1.54, 1.807) is 56.3 Å². The zero-order valence-electron chi connectivity index (χ0n) is 16.1. The maximum absolute atomic E-state index is 13.4. The molecule has 0 N–H and O–H groups in total. The predicted octanol–water partition coefficient (Wildman–Crippen LogP) is 3.71. The first-order valence-electron chi connectivity index (χ1n) is 9.28. The van der Waals surface area contributed by atoms with Crippen molar-refractivity contribution in [2.24, 2.45) is 11.0 Å². The molecule has 2 aliphatic heterocycles. The van der Waals surface area contributed by atoms with Crippen LogP contribution in [0.1, 0.15) is 12.5 Å². The molecule has 9 heteroatoms. The second-order valence-electron chi connectivity index (χ2n) is 6.85. The van der Waals surface area contributed by atoms with Gasteiger partial charge in [0.15, 0.2) is 5.71 Å². The van der Waals surface area contributed by atoms with Crippen LogP contribution in [0.5, 0.6) is 0 Å². The zero-order valence-corrected chi connectivity index (χ0v) is 18.5. The molecule has 0 unspecified atom stereocenters. The van der Waals surface area contributed by atoms with Gasteiger partial charge in [-0.25, -0.2) is 9.69 Å². The molecule has 2 aliphatic rings. The van der Waals surface area contributed by atoms with E-state index < -0.39 is 29.7 Å². The highest BCUT2D eigenvalue weighted by atomic mass is 79.9. The summed E-state index contributed by atoms with van der Waals surface area (Å²) in [7, 11) is 0. The van der Waals surface area contributed by atoms with Crippen molar-refractivity contribution in [3.8, 4) is 0 Å². The fraction of sp³-hybridized carbons (Fsp3) is 0.238. The van der Waals surface area contributed by atoms with E-state index in [0.717, 1.165) is 9.37 Å². The van der Waals surface area contributed by atoms with E-state index in [0.29, 0.717) is 22.0 Å². The Morgan fingerprint density at radius 1 is 1.17 bits per heavy atom. The van der Waals surface area contributed by atoms with Crippen LogP contribution in [-0.2, 0) is 19.1 Å². The summed E-state index contributed by atoms with van der Waals surface area (Å²) in [5.41, 5.74) is 1.50. The number of benzene rings is 2. The van der Waals surface area contributed by atoms with Crippen LogP contribution in [-0.4, -0.2) is 36.1 Å². The van der Waals surface area contributed by atoms with Gasteiger partial charge in [0.05, 0.1) is 18.0 Å². The van der Waals surface area contributed by atoms with E-state index in [2.05, 4.69) is 21.0 Å². The van der Waals surface area contributed by atoms with Crippen LogP contribution >= 0.6 is 27.5 Å². The Bertz CT molecular complexity index is 1090. The number of hydrogen-bond donors (Lipinski definition) is 0. The third-order valence-electron chi connectivity index (χ3n) is 5.10. The number of carbonyl (C=O) groups excluding carboxylic acids is 3. The van der Waals surface area contributed by atoms with Crippen molar-refractivity contribution in [2.45, 2.75) is 19.9 Å². The van der Waals surface area contributed by atoms with E-state index in [-0.39, 0.29) is 12.3 Å². The van der Waals surface area contributed by atoms with E-state index in [9.17, 15) is 14.4 Å². The highest BCUT2D eigenvalue weighted by Gasteiger charge is 2.59. The first kappa shape index (κ1) is 20.6. The number of nitrogens with zero attached hydrogens (tertiary/aromatic N) is 3. The SMILES string of the molecule is CCOC(=O)C1=NN(c2ccc(Br)cc2)[C@H]2C(=O)N(c3cccc(Cl)c3C)C(=O)[C@@H]12. The van der Waals surface area contributed by atoms with Gasteiger partial charge in [0.25, 0.3) is 5.91 Å². The monoisotopic (exact) mass is 489 g/mol. The summed E-state index contributed by atoms with van der Waals surface area (Å²) < 4.78 is 5.95. The predicted molar refractivity (Wildman–Crippen MR) is 117 cm³/mol. The molecule has 0 spiro atoms. The van der Waals surface area contributed by atoms with E-state index in [4.69, 9.17) is 16.3 Å². The van der Waals surface area contributed by atoms with Crippen molar-refractivity contribution < 1.29 is 19.1 Å². The molecule has 0 saturated carbocycles. The average Bonchev–Trinajstić information content (AvgIpc) is 3.23. The highest BCUT2D eigenvalue weighted by molar-refractivity contribution is 9.10. The molecule has 0 aromatic heterocycles. The fourth-order valence-electron chi connectivity index (χ4n) is 3.67. The van der Waals surface area contributed by atoms with Crippen LogP contribution in [0.25, 0.3) is 0 Å². The molecular weight excluding hydrogens is 474 g/mol. The van der Waals surface area contributed by atoms with Gasteiger partial charge in [-0.1, -0.05) is 33.6 Å². The number of carbonyl (C=O) groups is 3. The quantitative estimate of drug-likeness (QED) is 0.482. The van der Waals surface area contributed by atoms with Crippen LogP contribution in [0, 0.1) is 12.8 Å². The molecule has 1 saturated heterocycles. The Kier molecular flexibility index (Phi) is 5.38. The maximum atomic E-state index is 13.4. The molecule has 4 rings (SSSR count). The summed E-state index contributed by atoms with van der Waals surface area (Å²) in [5, 5.41) is 6.18. The van der Waals surface area contributed by atoms with Gasteiger partial charge in [-0.05, 0) is 55.8 Å². The van der Waals surface area contributed by atoms with Gasteiger partial charge in [-0.15, -0.1) is 0 Å². The second-order valence-corrected chi connectivity index (χ2v) is 8.17. The Labute approximate surface area is 186 Å². The third-order valence-corrected chi connectivity index (χ3v) is 6.04. The number of anilines is 2. The van der Waals surface area contributed by atoms with Gasteiger partial charge in [0, 0.05) is 9.50 Å². The Morgan fingerprint density at radius 2 is 1.87 bits per heavy atom. The number of amides is 2. The average molecular weight is 491 g/mol. The first-order chi connectivity index (χ1) is 14.3. The van der Waals surface area contributed by atoms with Crippen molar-refractivity contribution in [2.75, 3.05) is 16.5 Å². The molecule has 2 aromatic carbocycles. The molecule has 2 amide bonds. The standard InChI is InChI=1S/C21H17BrClN3O4/c1-3-30-21(29)17-16-18(26(24-17)13-9-7-12(22)8-10-13)20(28)25(19(16)27)15-6-4-5-14(23)11(15)2/h4-10,16,18H,3H2,1-2H3/t16-,18+/m0/s1. The molecule has 0 radical (unpaired) electrons. The highest BCUT2D eigenvalue weighted by Crippen LogP contribution is 2.40. The number of hydrazone groups is 1. The zero-order chi connectivity index (χ0) is 21.6. The third kappa shape index (κ3) is 3.20. The van der Waals surface area contributed by atoms with Gasteiger partial charge < -0.3 is 4.74 Å².